The molecular weight excluding hydrogens is 288 g/mol. The Labute approximate surface area is 124 Å². The number of benzene rings is 2. The fourth-order valence-corrected chi connectivity index (χ4v) is 3.25. The number of ether oxygens (including phenoxy) is 1. The summed E-state index contributed by atoms with van der Waals surface area (Å²) in [4.78, 5) is 11.8. The summed E-state index contributed by atoms with van der Waals surface area (Å²) in [6, 6.07) is 10.5. The lowest BCUT2D eigenvalue weighted by Gasteiger charge is -2.24. The molecule has 0 radical (unpaired) electrons. The van der Waals surface area contributed by atoms with Gasteiger partial charge in [-0.2, -0.15) is 8.75 Å². The zero-order chi connectivity index (χ0) is 14.4. The standard InChI is InChI=1S/C15H10N2O3S/c18-9-3-1-8(2-4-9)10-7-13(19)20-12-6-5-11-15(14(10)12)17-21-16-11/h1-6,10,18H,7H2/t10-/m1/s1. The van der Waals surface area contributed by atoms with E-state index in [0.717, 1.165) is 33.9 Å². The van der Waals surface area contributed by atoms with Crippen molar-refractivity contribution in [1.82, 2.24) is 8.75 Å². The molecule has 0 fully saturated rings. The van der Waals surface area contributed by atoms with Gasteiger partial charge in [-0.3, -0.25) is 4.79 Å². The van der Waals surface area contributed by atoms with Crippen molar-refractivity contribution in [2.45, 2.75) is 12.3 Å². The molecule has 3 aromatic rings. The lowest BCUT2D eigenvalue weighted by Crippen LogP contribution is -2.21. The molecule has 2 heterocycles. The molecular formula is C15H10N2O3S. The normalized spacial score (nSPS) is 17.5. The lowest BCUT2D eigenvalue weighted by molar-refractivity contribution is -0.135. The highest BCUT2D eigenvalue weighted by Crippen LogP contribution is 2.42. The number of carbonyl (C=O) groups is 1. The summed E-state index contributed by atoms with van der Waals surface area (Å²) in [5.74, 6) is 0.355. The SMILES string of the molecule is O=C1C[C@H](c2ccc(O)cc2)c2c(ccc3nsnc23)O1. The van der Waals surface area contributed by atoms with Crippen molar-refractivity contribution in [2.75, 3.05) is 0 Å². The van der Waals surface area contributed by atoms with Gasteiger partial charge in [-0.15, -0.1) is 0 Å². The van der Waals surface area contributed by atoms with Gasteiger partial charge in [-0.1, -0.05) is 12.1 Å². The third-order valence-electron chi connectivity index (χ3n) is 3.67. The van der Waals surface area contributed by atoms with Gasteiger partial charge < -0.3 is 9.84 Å². The molecule has 1 atom stereocenters. The van der Waals surface area contributed by atoms with Crippen LogP contribution in [0.2, 0.25) is 0 Å². The van der Waals surface area contributed by atoms with Gasteiger partial charge >= 0.3 is 5.97 Å². The molecule has 1 aliphatic heterocycles. The van der Waals surface area contributed by atoms with Gasteiger partial charge in [0.25, 0.3) is 0 Å². The topological polar surface area (TPSA) is 72.3 Å². The Kier molecular flexibility index (Phi) is 2.65. The van der Waals surface area contributed by atoms with Crippen LogP contribution in [0.15, 0.2) is 36.4 Å². The summed E-state index contributed by atoms with van der Waals surface area (Å²) in [6.07, 6.45) is 0.258. The molecule has 1 N–H and O–H groups in total. The second-order valence-electron chi connectivity index (χ2n) is 4.93. The van der Waals surface area contributed by atoms with E-state index in [-0.39, 0.29) is 24.1 Å². The first-order valence-electron chi connectivity index (χ1n) is 6.47. The van der Waals surface area contributed by atoms with E-state index in [1.165, 1.54) is 0 Å². The molecule has 5 nitrogen and oxygen atoms in total. The van der Waals surface area contributed by atoms with Gasteiger partial charge in [0, 0.05) is 11.5 Å². The zero-order valence-corrected chi connectivity index (χ0v) is 11.6. The first-order chi connectivity index (χ1) is 10.2. The van der Waals surface area contributed by atoms with Crippen molar-refractivity contribution < 1.29 is 14.6 Å². The van der Waals surface area contributed by atoms with Crippen molar-refractivity contribution in [3.63, 3.8) is 0 Å². The maximum atomic E-state index is 11.8. The minimum absolute atomic E-state index is 0.130. The van der Waals surface area contributed by atoms with Crippen molar-refractivity contribution in [3.05, 3.63) is 47.5 Å². The monoisotopic (exact) mass is 298 g/mol. The summed E-state index contributed by atoms with van der Waals surface area (Å²) in [5, 5.41) is 9.43. The number of aromatic hydroxyl groups is 1. The third-order valence-corrected chi connectivity index (χ3v) is 4.21. The van der Waals surface area contributed by atoms with Crippen molar-refractivity contribution in [1.29, 1.82) is 0 Å². The van der Waals surface area contributed by atoms with Gasteiger partial charge in [0.1, 0.15) is 22.5 Å². The fraction of sp³-hybridized carbons (Fsp3) is 0.133. The summed E-state index contributed by atoms with van der Waals surface area (Å²) in [5.41, 5.74) is 3.43. The molecule has 1 aliphatic rings. The molecule has 0 bridgehead atoms. The average Bonchev–Trinajstić information content (AvgIpc) is 2.95. The van der Waals surface area contributed by atoms with Crippen molar-refractivity contribution >= 4 is 28.7 Å². The number of nitrogens with zero attached hydrogens (tertiary/aromatic N) is 2. The maximum absolute atomic E-state index is 11.8. The van der Waals surface area contributed by atoms with E-state index in [1.807, 2.05) is 18.2 Å². The van der Waals surface area contributed by atoms with E-state index >= 15 is 0 Å². The Morgan fingerprint density at radius 3 is 2.76 bits per heavy atom. The van der Waals surface area contributed by atoms with Crippen LogP contribution in [-0.4, -0.2) is 19.8 Å². The van der Waals surface area contributed by atoms with Crippen LogP contribution >= 0.6 is 11.7 Å². The minimum atomic E-state index is -0.261. The molecule has 0 spiro atoms. The second kappa shape index (κ2) is 4.53. The molecule has 2 aromatic carbocycles. The fourth-order valence-electron chi connectivity index (χ4n) is 2.70. The van der Waals surface area contributed by atoms with Crippen molar-refractivity contribution in [2.24, 2.45) is 0 Å². The van der Waals surface area contributed by atoms with Crippen LogP contribution in [0, 0.1) is 0 Å². The Hall–Kier alpha value is -2.47. The highest BCUT2D eigenvalue weighted by atomic mass is 32.1. The summed E-state index contributed by atoms with van der Waals surface area (Å²) in [6.45, 7) is 0. The predicted molar refractivity (Wildman–Crippen MR) is 77.6 cm³/mol. The number of phenols is 1. The Bertz CT molecular complexity index is 842. The largest absolute Gasteiger partial charge is 0.508 e. The molecule has 21 heavy (non-hydrogen) atoms. The average molecular weight is 298 g/mol. The first-order valence-corrected chi connectivity index (χ1v) is 7.20. The van der Waals surface area contributed by atoms with Crippen LogP contribution in [0.4, 0.5) is 0 Å². The third kappa shape index (κ3) is 1.95. The number of esters is 1. The number of rotatable bonds is 1. The number of hydrogen-bond acceptors (Lipinski definition) is 6. The molecule has 1 aromatic heterocycles. The number of aromatic nitrogens is 2. The van der Waals surface area contributed by atoms with Crippen LogP contribution in [0.3, 0.4) is 0 Å². The molecule has 0 unspecified atom stereocenters. The van der Waals surface area contributed by atoms with E-state index in [1.54, 1.807) is 18.2 Å². The summed E-state index contributed by atoms with van der Waals surface area (Å²) in [7, 11) is 0. The lowest BCUT2D eigenvalue weighted by atomic mass is 9.85. The number of phenolic OH excluding ortho intramolecular Hbond substituents is 1. The van der Waals surface area contributed by atoms with Gasteiger partial charge in [0.2, 0.25) is 0 Å². The van der Waals surface area contributed by atoms with E-state index in [0.29, 0.717) is 5.75 Å². The minimum Gasteiger partial charge on any atom is -0.508 e. The van der Waals surface area contributed by atoms with Crippen LogP contribution < -0.4 is 4.74 Å². The summed E-state index contributed by atoms with van der Waals surface area (Å²) >= 11 is 1.15. The van der Waals surface area contributed by atoms with E-state index in [4.69, 9.17) is 4.74 Å². The van der Waals surface area contributed by atoms with Gasteiger partial charge in [0.05, 0.1) is 18.1 Å². The molecule has 0 saturated heterocycles. The van der Waals surface area contributed by atoms with Crippen LogP contribution in [0.1, 0.15) is 23.5 Å². The Balaban J connectivity index is 1.95. The highest BCUT2D eigenvalue weighted by Gasteiger charge is 2.31. The molecule has 6 heteroatoms. The molecule has 0 amide bonds. The zero-order valence-electron chi connectivity index (χ0n) is 10.8. The smallest absolute Gasteiger partial charge is 0.312 e. The Morgan fingerprint density at radius 1 is 1.14 bits per heavy atom. The van der Waals surface area contributed by atoms with Gasteiger partial charge in [0.15, 0.2) is 0 Å². The highest BCUT2D eigenvalue weighted by molar-refractivity contribution is 7.00. The van der Waals surface area contributed by atoms with Gasteiger partial charge in [-0.25, -0.2) is 0 Å². The first kappa shape index (κ1) is 12.3. The number of hydrogen-bond donors (Lipinski definition) is 1. The molecule has 104 valence electrons. The second-order valence-corrected chi connectivity index (χ2v) is 5.46. The molecule has 4 rings (SSSR count). The maximum Gasteiger partial charge on any atom is 0.312 e. The predicted octanol–water partition coefficient (Wildman–Crippen LogP) is 2.84. The van der Waals surface area contributed by atoms with E-state index in [9.17, 15) is 9.90 Å². The van der Waals surface area contributed by atoms with Crippen LogP contribution in [-0.2, 0) is 4.79 Å². The van der Waals surface area contributed by atoms with Gasteiger partial charge in [-0.05, 0) is 29.8 Å². The van der Waals surface area contributed by atoms with Crippen LogP contribution in [0.5, 0.6) is 11.5 Å². The van der Waals surface area contributed by atoms with E-state index < -0.39 is 0 Å². The van der Waals surface area contributed by atoms with Crippen molar-refractivity contribution in [3.8, 4) is 11.5 Å². The molecule has 0 saturated carbocycles. The summed E-state index contributed by atoms with van der Waals surface area (Å²) < 4.78 is 13.9. The van der Waals surface area contributed by atoms with E-state index in [2.05, 4.69) is 8.75 Å². The number of carbonyl (C=O) groups excluding carboxylic acids is 1. The quantitative estimate of drug-likeness (QED) is 0.552. The van der Waals surface area contributed by atoms with Crippen LogP contribution in [0.25, 0.3) is 11.0 Å². The number of fused-ring (bicyclic) bond motifs is 3. The molecule has 0 aliphatic carbocycles. The Morgan fingerprint density at radius 2 is 1.95 bits per heavy atom.